The van der Waals surface area contributed by atoms with Crippen molar-refractivity contribution in [1.82, 2.24) is 34.7 Å². The summed E-state index contributed by atoms with van der Waals surface area (Å²) in [6.07, 6.45) is 8.71. The Kier molecular flexibility index (Phi) is 6.78. The van der Waals surface area contributed by atoms with Crippen LogP contribution in [0.5, 0.6) is 0 Å². The zero-order valence-corrected chi connectivity index (χ0v) is 24.1. The van der Waals surface area contributed by atoms with Gasteiger partial charge in [0.2, 0.25) is 0 Å². The van der Waals surface area contributed by atoms with Crippen LogP contribution in [0.1, 0.15) is 60.9 Å². The predicted octanol–water partition coefficient (Wildman–Crippen LogP) is 4.61. The van der Waals surface area contributed by atoms with E-state index >= 15 is 0 Å². The van der Waals surface area contributed by atoms with E-state index in [-0.39, 0.29) is 17.7 Å². The van der Waals surface area contributed by atoms with Gasteiger partial charge in [-0.2, -0.15) is 5.10 Å². The maximum Gasteiger partial charge on any atom is 0.187 e. The number of carbonyl (C=O) groups excluding carboxylic acids is 1. The van der Waals surface area contributed by atoms with Crippen molar-refractivity contribution in [2.24, 2.45) is 0 Å². The molecule has 1 saturated heterocycles. The highest BCUT2D eigenvalue weighted by Crippen LogP contribution is 2.29. The summed E-state index contributed by atoms with van der Waals surface area (Å²) in [5.74, 6) is 0.000960. The zero-order chi connectivity index (χ0) is 28.0. The molecule has 1 saturated carbocycles. The van der Waals surface area contributed by atoms with E-state index in [1.54, 1.807) is 4.68 Å². The molecule has 6 rings (SSSR count). The van der Waals surface area contributed by atoms with Gasteiger partial charge < -0.3 is 4.90 Å². The number of aromatic nitrogens is 6. The van der Waals surface area contributed by atoms with Gasteiger partial charge in [0.05, 0.1) is 29.3 Å². The molecule has 0 radical (unpaired) electrons. The van der Waals surface area contributed by atoms with Gasteiger partial charge in [-0.1, -0.05) is 17.3 Å². The van der Waals surface area contributed by atoms with Crippen LogP contribution < -0.4 is 4.90 Å². The van der Waals surface area contributed by atoms with Crippen LogP contribution in [0.4, 0.5) is 5.69 Å². The summed E-state index contributed by atoms with van der Waals surface area (Å²) >= 11 is 0. The fourth-order valence-corrected chi connectivity index (χ4v) is 5.62. The molecule has 0 amide bonds. The number of ketones is 1. The van der Waals surface area contributed by atoms with E-state index in [2.05, 4.69) is 57.0 Å². The average molecular weight is 539 g/mol. The van der Waals surface area contributed by atoms with Crippen LogP contribution in [-0.2, 0) is 12.0 Å². The second kappa shape index (κ2) is 10.3. The first-order chi connectivity index (χ1) is 19.2. The first-order valence-electron chi connectivity index (χ1n) is 14.2. The van der Waals surface area contributed by atoms with Crippen molar-refractivity contribution in [3.8, 4) is 16.9 Å². The fraction of sp³-hybridized carbons (Fsp3) is 0.452. The molecule has 1 aliphatic heterocycles. The molecular weight excluding hydrogens is 500 g/mol. The Hall–Kier alpha value is -3.85. The van der Waals surface area contributed by atoms with Gasteiger partial charge in [-0.05, 0) is 76.8 Å². The molecule has 1 aromatic carbocycles. The van der Waals surface area contributed by atoms with Gasteiger partial charge in [-0.3, -0.25) is 19.4 Å². The molecule has 0 bridgehead atoms. The van der Waals surface area contributed by atoms with Gasteiger partial charge in [0, 0.05) is 56.1 Å². The molecule has 9 heteroatoms. The zero-order valence-electron chi connectivity index (χ0n) is 24.1. The number of rotatable bonds is 7. The van der Waals surface area contributed by atoms with Crippen LogP contribution >= 0.6 is 0 Å². The summed E-state index contributed by atoms with van der Waals surface area (Å²) in [5.41, 5.74) is 7.03. The molecule has 4 aromatic rings. The lowest BCUT2D eigenvalue weighted by Gasteiger charge is -2.36. The van der Waals surface area contributed by atoms with Crippen LogP contribution in [0.25, 0.3) is 16.9 Å². The Bertz CT molecular complexity index is 1530. The van der Waals surface area contributed by atoms with Crippen molar-refractivity contribution < 1.29 is 4.79 Å². The Balaban J connectivity index is 1.18. The fourth-order valence-electron chi connectivity index (χ4n) is 5.62. The Labute approximate surface area is 235 Å². The number of nitrogens with zero attached hydrogens (tertiary/aromatic N) is 8. The summed E-state index contributed by atoms with van der Waals surface area (Å²) in [6.45, 7) is 14.6. The van der Waals surface area contributed by atoms with Crippen LogP contribution in [-0.4, -0.2) is 72.7 Å². The van der Waals surface area contributed by atoms with Crippen molar-refractivity contribution in [1.29, 1.82) is 0 Å². The van der Waals surface area contributed by atoms with Crippen LogP contribution in [0.3, 0.4) is 0 Å². The first-order valence-corrected chi connectivity index (χ1v) is 14.2. The highest BCUT2D eigenvalue weighted by molar-refractivity contribution is 5.96. The van der Waals surface area contributed by atoms with Gasteiger partial charge >= 0.3 is 0 Å². The number of Topliss-reactive ketones (excluding diaryl/α,β-unsaturated/α-hetero) is 1. The van der Waals surface area contributed by atoms with E-state index in [9.17, 15) is 4.79 Å². The number of aryl methyl sites for hydroxylation is 2. The van der Waals surface area contributed by atoms with Gasteiger partial charge in [0.25, 0.3) is 0 Å². The number of hydrogen-bond donors (Lipinski definition) is 0. The van der Waals surface area contributed by atoms with Crippen molar-refractivity contribution in [2.45, 2.75) is 65.5 Å². The molecule has 208 valence electrons. The number of pyridine rings is 1. The Morgan fingerprint density at radius 3 is 2.48 bits per heavy atom. The molecule has 4 heterocycles. The Morgan fingerprint density at radius 2 is 1.77 bits per heavy atom. The van der Waals surface area contributed by atoms with E-state index < -0.39 is 0 Å². The smallest absolute Gasteiger partial charge is 0.187 e. The molecule has 0 atom stereocenters. The van der Waals surface area contributed by atoms with E-state index in [4.69, 9.17) is 0 Å². The van der Waals surface area contributed by atoms with Crippen LogP contribution in [0.15, 0.2) is 48.9 Å². The molecule has 0 N–H and O–H groups in total. The summed E-state index contributed by atoms with van der Waals surface area (Å²) in [5, 5.41) is 13.5. The molecule has 9 nitrogen and oxygen atoms in total. The van der Waals surface area contributed by atoms with E-state index in [1.807, 2.05) is 61.4 Å². The largest absolute Gasteiger partial charge is 0.368 e. The molecule has 0 unspecified atom stereocenters. The van der Waals surface area contributed by atoms with E-state index in [1.165, 1.54) is 12.8 Å². The highest BCUT2D eigenvalue weighted by Gasteiger charge is 2.31. The highest BCUT2D eigenvalue weighted by atomic mass is 16.1. The maximum absolute atomic E-state index is 13.1. The average Bonchev–Trinajstić information content (AvgIpc) is 3.52. The third-order valence-corrected chi connectivity index (χ3v) is 7.95. The third-order valence-electron chi connectivity index (χ3n) is 7.95. The van der Waals surface area contributed by atoms with Crippen LogP contribution in [0, 0.1) is 13.8 Å². The van der Waals surface area contributed by atoms with Gasteiger partial charge in [0.1, 0.15) is 11.4 Å². The standard InChI is InChI=1S/C31H38N8O/c1-21-6-7-23(16-30(40)27-14-22(2)39(34-27)31(3,4)5)15-29(21)38-20-28(33-35-38)24-17-26(19-32-18-24)37-12-10-36(11-13-37)25-8-9-25/h6-7,14-15,17-20,25H,8-13,16H2,1-5H3. The molecule has 0 spiro atoms. The van der Waals surface area contributed by atoms with Crippen LogP contribution in [0.2, 0.25) is 0 Å². The van der Waals surface area contributed by atoms with Crippen molar-refractivity contribution in [3.05, 3.63) is 71.4 Å². The summed E-state index contributed by atoms with van der Waals surface area (Å²) in [4.78, 5) is 22.7. The third kappa shape index (κ3) is 5.43. The summed E-state index contributed by atoms with van der Waals surface area (Å²) in [6, 6.07) is 10.9. The number of piperazine rings is 1. The lowest BCUT2D eigenvalue weighted by Crippen LogP contribution is -2.47. The second-order valence-electron chi connectivity index (χ2n) is 12.2. The predicted molar refractivity (Wildman–Crippen MR) is 156 cm³/mol. The number of anilines is 1. The van der Waals surface area contributed by atoms with E-state index in [0.717, 1.165) is 71.7 Å². The summed E-state index contributed by atoms with van der Waals surface area (Å²) < 4.78 is 3.70. The second-order valence-corrected chi connectivity index (χ2v) is 12.2. The molecule has 2 fully saturated rings. The minimum Gasteiger partial charge on any atom is -0.368 e. The molecule has 2 aliphatic rings. The van der Waals surface area contributed by atoms with Gasteiger partial charge in [0.15, 0.2) is 5.78 Å². The Morgan fingerprint density at radius 1 is 1.00 bits per heavy atom. The molecule has 3 aromatic heterocycles. The lowest BCUT2D eigenvalue weighted by molar-refractivity contribution is 0.0986. The number of hydrogen-bond acceptors (Lipinski definition) is 7. The monoisotopic (exact) mass is 538 g/mol. The quantitative estimate of drug-likeness (QED) is 0.318. The summed E-state index contributed by atoms with van der Waals surface area (Å²) in [7, 11) is 0. The van der Waals surface area contributed by atoms with Crippen molar-refractivity contribution in [2.75, 3.05) is 31.1 Å². The normalized spacial score (nSPS) is 16.5. The van der Waals surface area contributed by atoms with Crippen molar-refractivity contribution >= 4 is 11.5 Å². The van der Waals surface area contributed by atoms with E-state index in [0.29, 0.717) is 5.69 Å². The topological polar surface area (TPSA) is 85.0 Å². The lowest BCUT2D eigenvalue weighted by atomic mass is 10.0. The maximum atomic E-state index is 13.1. The molecular formula is C31H38N8O. The first kappa shape index (κ1) is 26.4. The molecule has 1 aliphatic carbocycles. The minimum absolute atomic E-state index is 0.000960. The minimum atomic E-state index is -0.176. The number of carbonyl (C=O) groups is 1. The SMILES string of the molecule is Cc1ccc(CC(=O)c2cc(C)n(C(C)(C)C)n2)cc1-n1cc(-c2cncc(N3CCN(C4CC4)CC3)c2)nn1. The number of benzene rings is 1. The molecule has 40 heavy (non-hydrogen) atoms. The van der Waals surface area contributed by atoms with Gasteiger partial charge in [-0.25, -0.2) is 4.68 Å². The van der Waals surface area contributed by atoms with Gasteiger partial charge in [-0.15, -0.1) is 5.10 Å². The van der Waals surface area contributed by atoms with Crippen molar-refractivity contribution in [3.63, 3.8) is 0 Å².